The van der Waals surface area contributed by atoms with Crippen molar-refractivity contribution in [3.63, 3.8) is 0 Å². The number of nitro groups is 1. The van der Waals surface area contributed by atoms with Gasteiger partial charge in [0.1, 0.15) is 5.69 Å². The van der Waals surface area contributed by atoms with Gasteiger partial charge in [0.15, 0.2) is 0 Å². The summed E-state index contributed by atoms with van der Waals surface area (Å²) < 4.78 is 6.39. The fourth-order valence-electron chi connectivity index (χ4n) is 1.73. The van der Waals surface area contributed by atoms with E-state index in [1.165, 1.54) is 10.9 Å². The second-order valence-corrected chi connectivity index (χ2v) is 3.75. The van der Waals surface area contributed by atoms with E-state index < -0.39 is 4.92 Å². The van der Waals surface area contributed by atoms with Gasteiger partial charge in [0.05, 0.1) is 23.5 Å². The molecule has 0 amide bonds. The second kappa shape index (κ2) is 3.93. The van der Waals surface area contributed by atoms with E-state index in [0.717, 1.165) is 5.56 Å². The lowest BCUT2D eigenvalue weighted by molar-refractivity contribution is -0.384. The number of hydrogen-bond acceptors (Lipinski definition) is 5. The highest BCUT2D eigenvalue weighted by atomic mass is 16.6. The lowest BCUT2D eigenvalue weighted by Gasteiger charge is -2.10. The Morgan fingerprint density at radius 3 is 2.82 bits per heavy atom. The van der Waals surface area contributed by atoms with E-state index in [1.807, 2.05) is 6.92 Å². The number of nitrogens with zero attached hydrogens (tertiary/aromatic N) is 3. The van der Waals surface area contributed by atoms with Gasteiger partial charge in [-0.05, 0) is 19.9 Å². The number of anilines is 1. The van der Waals surface area contributed by atoms with Crippen LogP contribution < -0.4 is 5.73 Å². The van der Waals surface area contributed by atoms with Crippen molar-refractivity contribution in [1.82, 2.24) is 9.78 Å². The highest BCUT2D eigenvalue weighted by molar-refractivity contribution is 5.56. The first-order chi connectivity index (χ1) is 8.02. The summed E-state index contributed by atoms with van der Waals surface area (Å²) in [6.07, 6.45) is 3.10. The van der Waals surface area contributed by atoms with Crippen LogP contribution in [0.4, 0.5) is 11.5 Å². The summed E-state index contributed by atoms with van der Waals surface area (Å²) in [6.45, 7) is 3.41. The predicted octanol–water partition coefficient (Wildman–Crippen LogP) is 1.88. The largest absolute Gasteiger partial charge is 0.472 e. The zero-order valence-electron chi connectivity index (χ0n) is 9.45. The Balaban J connectivity index is 2.47. The van der Waals surface area contributed by atoms with Crippen molar-refractivity contribution in [3.8, 4) is 0 Å². The lowest BCUT2D eigenvalue weighted by atomic mass is 10.2. The third-order valence-electron chi connectivity index (χ3n) is 2.66. The monoisotopic (exact) mass is 236 g/mol. The van der Waals surface area contributed by atoms with Gasteiger partial charge in [0.25, 0.3) is 0 Å². The minimum Gasteiger partial charge on any atom is -0.472 e. The molecule has 2 aromatic rings. The third kappa shape index (κ3) is 1.75. The summed E-state index contributed by atoms with van der Waals surface area (Å²) in [5.41, 5.74) is 6.77. The molecule has 0 saturated heterocycles. The molecule has 0 spiro atoms. The van der Waals surface area contributed by atoms with Gasteiger partial charge in [0.2, 0.25) is 5.82 Å². The zero-order valence-corrected chi connectivity index (χ0v) is 9.45. The van der Waals surface area contributed by atoms with E-state index in [1.54, 1.807) is 19.3 Å². The molecule has 2 rings (SSSR count). The van der Waals surface area contributed by atoms with Gasteiger partial charge < -0.3 is 10.2 Å². The Hall–Kier alpha value is -2.31. The maximum absolute atomic E-state index is 10.8. The molecule has 0 aliphatic rings. The van der Waals surface area contributed by atoms with E-state index in [2.05, 4.69) is 5.10 Å². The Labute approximate surface area is 97.0 Å². The van der Waals surface area contributed by atoms with Crippen LogP contribution in [-0.2, 0) is 0 Å². The standard InChI is InChI=1S/C10H12N4O3/c1-6-9(14(15)16)10(11)13(12-6)7(2)8-3-4-17-5-8/h3-5,7H,11H2,1-2H3. The van der Waals surface area contributed by atoms with E-state index in [4.69, 9.17) is 10.2 Å². The predicted molar refractivity (Wildman–Crippen MR) is 60.6 cm³/mol. The number of aryl methyl sites for hydroxylation is 1. The lowest BCUT2D eigenvalue weighted by Crippen LogP contribution is -2.11. The quantitative estimate of drug-likeness (QED) is 0.647. The maximum Gasteiger partial charge on any atom is 0.333 e. The molecule has 0 radical (unpaired) electrons. The van der Waals surface area contributed by atoms with E-state index in [0.29, 0.717) is 5.69 Å². The molecule has 2 aromatic heterocycles. The zero-order chi connectivity index (χ0) is 12.6. The smallest absolute Gasteiger partial charge is 0.333 e. The molecule has 90 valence electrons. The molecule has 2 N–H and O–H groups in total. The Morgan fingerprint density at radius 2 is 2.35 bits per heavy atom. The summed E-state index contributed by atoms with van der Waals surface area (Å²) in [4.78, 5) is 10.3. The minimum absolute atomic E-state index is 0.0567. The van der Waals surface area contributed by atoms with Gasteiger partial charge in [-0.2, -0.15) is 5.10 Å². The van der Waals surface area contributed by atoms with Crippen LogP contribution in [0.3, 0.4) is 0 Å². The van der Waals surface area contributed by atoms with E-state index in [-0.39, 0.29) is 17.5 Å². The van der Waals surface area contributed by atoms with Crippen LogP contribution in [0.15, 0.2) is 23.0 Å². The average Bonchev–Trinajstić information content (AvgIpc) is 2.85. The molecule has 0 aliphatic heterocycles. The van der Waals surface area contributed by atoms with Gasteiger partial charge in [-0.1, -0.05) is 0 Å². The Kier molecular flexibility index (Phi) is 2.58. The molecule has 0 aliphatic carbocycles. The summed E-state index contributed by atoms with van der Waals surface area (Å²) >= 11 is 0. The fourth-order valence-corrected chi connectivity index (χ4v) is 1.73. The topological polar surface area (TPSA) is 100 Å². The van der Waals surface area contributed by atoms with Crippen LogP contribution in [0.25, 0.3) is 0 Å². The average molecular weight is 236 g/mol. The molecular weight excluding hydrogens is 224 g/mol. The number of nitrogen functional groups attached to an aromatic ring is 1. The van der Waals surface area contributed by atoms with Crippen LogP contribution in [0.2, 0.25) is 0 Å². The van der Waals surface area contributed by atoms with E-state index >= 15 is 0 Å². The molecule has 0 fully saturated rings. The molecule has 0 aromatic carbocycles. The van der Waals surface area contributed by atoms with Crippen molar-refractivity contribution in [3.05, 3.63) is 40.0 Å². The molecule has 17 heavy (non-hydrogen) atoms. The van der Waals surface area contributed by atoms with Crippen molar-refractivity contribution in [1.29, 1.82) is 0 Å². The number of nitrogens with two attached hydrogens (primary N) is 1. The molecule has 0 bridgehead atoms. The van der Waals surface area contributed by atoms with Gasteiger partial charge in [-0.15, -0.1) is 0 Å². The summed E-state index contributed by atoms with van der Waals surface area (Å²) in [6, 6.07) is 1.56. The fraction of sp³-hybridized carbons (Fsp3) is 0.300. The molecule has 2 heterocycles. The van der Waals surface area contributed by atoms with Crippen molar-refractivity contribution in [2.24, 2.45) is 0 Å². The number of aromatic nitrogens is 2. The van der Waals surface area contributed by atoms with Crippen LogP contribution in [0.1, 0.15) is 24.2 Å². The van der Waals surface area contributed by atoms with Gasteiger partial charge in [-0.3, -0.25) is 10.1 Å². The molecule has 0 saturated carbocycles. The first kappa shape index (κ1) is 11.2. The molecule has 1 atom stereocenters. The SMILES string of the molecule is Cc1nn(C(C)c2ccoc2)c(N)c1[N+](=O)[O-]. The van der Waals surface area contributed by atoms with Gasteiger partial charge >= 0.3 is 5.69 Å². The summed E-state index contributed by atoms with van der Waals surface area (Å²) in [5, 5.41) is 14.9. The highest BCUT2D eigenvalue weighted by Crippen LogP contribution is 2.30. The van der Waals surface area contributed by atoms with Crippen LogP contribution in [-0.4, -0.2) is 14.7 Å². The number of hydrogen-bond donors (Lipinski definition) is 1. The maximum atomic E-state index is 10.8. The molecule has 7 nitrogen and oxygen atoms in total. The van der Waals surface area contributed by atoms with Gasteiger partial charge in [-0.25, -0.2) is 4.68 Å². The van der Waals surface area contributed by atoms with Crippen LogP contribution in [0, 0.1) is 17.0 Å². The normalized spacial score (nSPS) is 12.6. The minimum atomic E-state index is -0.518. The Morgan fingerprint density at radius 1 is 1.65 bits per heavy atom. The van der Waals surface area contributed by atoms with Crippen molar-refractivity contribution in [2.75, 3.05) is 5.73 Å². The van der Waals surface area contributed by atoms with Gasteiger partial charge in [0, 0.05) is 5.56 Å². The first-order valence-corrected chi connectivity index (χ1v) is 5.03. The summed E-state index contributed by atoms with van der Waals surface area (Å²) in [7, 11) is 0. The number of rotatable bonds is 3. The van der Waals surface area contributed by atoms with Crippen molar-refractivity contribution >= 4 is 11.5 Å². The van der Waals surface area contributed by atoms with Crippen molar-refractivity contribution < 1.29 is 9.34 Å². The number of furan rings is 1. The summed E-state index contributed by atoms with van der Waals surface area (Å²) in [5.74, 6) is 0.0567. The first-order valence-electron chi connectivity index (χ1n) is 5.03. The highest BCUT2D eigenvalue weighted by Gasteiger charge is 2.25. The molecule has 7 heteroatoms. The van der Waals surface area contributed by atoms with Crippen LogP contribution >= 0.6 is 0 Å². The second-order valence-electron chi connectivity index (χ2n) is 3.75. The third-order valence-corrected chi connectivity index (χ3v) is 2.66. The molecular formula is C10H12N4O3. The molecule has 1 unspecified atom stereocenters. The van der Waals surface area contributed by atoms with Crippen LogP contribution in [0.5, 0.6) is 0 Å². The van der Waals surface area contributed by atoms with Crippen molar-refractivity contribution in [2.45, 2.75) is 19.9 Å². The van der Waals surface area contributed by atoms with E-state index in [9.17, 15) is 10.1 Å². The Bertz CT molecular complexity index is 544.